The Labute approximate surface area is 183 Å². The number of alkyl halides is 3. The lowest BCUT2D eigenvalue weighted by atomic mass is 10.2. The summed E-state index contributed by atoms with van der Waals surface area (Å²) >= 11 is 0. The van der Waals surface area contributed by atoms with Crippen LogP contribution in [-0.4, -0.2) is 47.8 Å². The van der Waals surface area contributed by atoms with Gasteiger partial charge in [0, 0.05) is 18.8 Å². The standard InChI is InChI=1S/C20H21F3N4O4S/c1-12(2)25-17-10-14(8-9-24-17)11-26-13(3)18(28)27(19(26)29)15-4-6-16(7-5-15)32(30,31)20(21,22)23/h4-10,12-13H,11H2,1-3H3,(H,24,25). The van der Waals surface area contributed by atoms with Crippen LogP contribution in [0.3, 0.4) is 0 Å². The molecule has 1 unspecified atom stereocenters. The largest absolute Gasteiger partial charge is 0.501 e. The van der Waals surface area contributed by atoms with E-state index in [-0.39, 0.29) is 18.3 Å². The Hall–Kier alpha value is -3.15. The molecule has 172 valence electrons. The summed E-state index contributed by atoms with van der Waals surface area (Å²) < 4.78 is 61.2. The summed E-state index contributed by atoms with van der Waals surface area (Å²) in [5.41, 5.74) is -4.75. The molecule has 8 nitrogen and oxygen atoms in total. The Morgan fingerprint density at radius 3 is 2.31 bits per heavy atom. The molecule has 0 saturated carbocycles. The number of hydrogen-bond acceptors (Lipinski definition) is 6. The molecule has 0 radical (unpaired) electrons. The maximum Gasteiger partial charge on any atom is 0.501 e. The number of aromatic nitrogens is 1. The fraction of sp³-hybridized carbons (Fsp3) is 0.350. The molecule has 1 saturated heterocycles. The van der Waals surface area contributed by atoms with E-state index >= 15 is 0 Å². The average Bonchev–Trinajstić information content (AvgIpc) is 2.90. The van der Waals surface area contributed by atoms with E-state index in [0.29, 0.717) is 5.82 Å². The normalized spacial score (nSPS) is 17.4. The second-order valence-corrected chi connectivity index (χ2v) is 9.49. The Morgan fingerprint density at radius 1 is 1.12 bits per heavy atom. The number of rotatable bonds is 6. The van der Waals surface area contributed by atoms with E-state index in [1.807, 2.05) is 13.8 Å². The van der Waals surface area contributed by atoms with E-state index in [4.69, 9.17) is 0 Å². The lowest BCUT2D eigenvalue weighted by Crippen LogP contribution is -2.33. The molecule has 12 heteroatoms. The summed E-state index contributed by atoms with van der Waals surface area (Å²) in [6.45, 7) is 5.54. The van der Waals surface area contributed by atoms with Crippen LogP contribution in [0.15, 0.2) is 47.5 Å². The first kappa shape index (κ1) is 23.5. The minimum Gasteiger partial charge on any atom is -0.368 e. The van der Waals surface area contributed by atoms with Crippen LogP contribution < -0.4 is 10.2 Å². The molecular weight excluding hydrogens is 449 g/mol. The smallest absolute Gasteiger partial charge is 0.368 e. The van der Waals surface area contributed by atoms with Gasteiger partial charge in [0.05, 0.1) is 10.6 Å². The zero-order valence-corrected chi connectivity index (χ0v) is 18.2. The summed E-state index contributed by atoms with van der Waals surface area (Å²) in [5.74, 6) is 0.0393. The Morgan fingerprint density at radius 2 is 1.75 bits per heavy atom. The number of urea groups is 1. The second-order valence-electron chi connectivity index (χ2n) is 7.55. The fourth-order valence-corrected chi connectivity index (χ4v) is 3.96. The SMILES string of the molecule is CC(C)Nc1cc(CN2C(=O)N(c3ccc(S(=O)(=O)C(F)(F)F)cc3)C(=O)C2C)ccn1. The van der Waals surface area contributed by atoms with Crippen molar-refractivity contribution in [2.45, 2.75) is 49.8 Å². The molecule has 1 aliphatic heterocycles. The van der Waals surface area contributed by atoms with Crippen LogP contribution in [0.1, 0.15) is 26.3 Å². The van der Waals surface area contributed by atoms with Crippen LogP contribution in [-0.2, 0) is 21.2 Å². The first-order chi connectivity index (χ1) is 14.8. The van der Waals surface area contributed by atoms with Crippen molar-refractivity contribution >= 4 is 33.3 Å². The van der Waals surface area contributed by atoms with Crippen molar-refractivity contribution in [3.8, 4) is 0 Å². The van der Waals surface area contributed by atoms with Crippen molar-refractivity contribution in [3.63, 3.8) is 0 Å². The van der Waals surface area contributed by atoms with Gasteiger partial charge < -0.3 is 10.2 Å². The highest BCUT2D eigenvalue weighted by atomic mass is 32.2. The van der Waals surface area contributed by atoms with Crippen LogP contribution in [0, 0.1) is 0 Å². The van der Waals surface area contributed by atoms with Gasteiger partial charge in [-0.05, 0) is 62.7 Å². The number of carbonyl (C=O) groups is 2. The summed E-state index contributed by atoms with van der Waals surface area (Å²) in [6, 6.07) is 5.56. The quantitative estimate of drug-likeness (QED) is 0.649. The average molecular weight is 470 g/mol. The van der Waals surface area contributed by atoms with Gasteiger partial charge in [-0.15, -0.1) is 0 Å². The molecule has 0 bridgehead atoms. The van der Waals surface area contributed by atoms with Gasteiger partial charge in [-0.1, -0.05) is 0 Å². The third kappa shape index (κ3) is 4.40. The molecule has 1 fully saturated rings. The summed E-state index contributed by atoms with van der Waals surface area (Å²) in [4.78, 5) is 31.0. The predicted octanol–water partition coefficient (Wildman–Crippen LogP) is 3.55. The van der Waals surface area contributed by atoms with Gasteiger partial charge in [0.1, 0.15) is 11.9 Å². The molecule has 32 heavy (non-hydrogen) atoms. The molecule has 1 N–H and O–H groups in total. The number of imide groups is 1. The van der Waals surface area contributed by atoms with Gasteiger partial charge in [0.15, 0.2) is 0 Å². The predicted molar refractivity (Wildman–Crippen MR) is 111 cm³/mol. The third-order valence-electron chi connectivity index (χ3n) is 4.81. The summed E-state index contributed by atoms with van der Waals surface area (Å²) in [6.07, 6.45) is 1.57. The number of nitrogens with zero attached hydrogens (tertiary/aromatic N) is 3. The van der Waals surface area contributed by atoms with E-state index in [9.17, 15) is 31.2 Å². The van der Waals surface area contributed by atoms with Gasteiger partial charge >= 0.3 is 11.5 Å². The Kier molecular flexibility index (Phi) is 6.18. The zero-order valence-electron chi connectivity index (χ0n) is 17.4. The van der Waals surface area contributed by atoms with Crippen LogP contribution in [0.25, 0.3) is 0 Å². The maximum atomic E-state index is 12.9. The van der Waals surface area contributed by atoms with E-state index < -0.39 is 38.2 Å². The maximum absolute atomic E-state index is 12.9. The second kappa shape index (κ2) is 8.41. The Bertz CT molecular complexity index is 1130. The molecule has 3 rings (SSSR count). The molecule has 0 aliphatic carbocycles. The van der Waals surface area contributed by atoms with Gasteiger partial charge in [-0.2, -0.15) is 13.2 Å². The zero-order chi connectivity index (χ0) is 23.8. The van der Waals surface area contributed by atoms with Crippen LogP contribution in [0.5, 0.6) is 0 Å². The highest BCUT2D eigenvalue weighted by Crippen LogP contribution is 2.32. The number of halogens is 3. The first-order valence-corrected chi connectivity index (χ1v) is 11.1. The number of anilines is 2. The van der Waals surface area contributed by atoms with E-state index in [0.717, 1.165) is 34.7 Å². The number of hydrogen-bond donors (Lipinski definition) is 1. The van der Waals surface area contributed by atoms with Crippen molar-refractivity contribution < 1.29 is 31.2 Å². The molecule has 1 atom stereocenters. The van der Waals surface area contributed by atoms with Gasteiger partial charge in [-0.25, -0.2) is 23.1 Å². The highest BCUT2D eigenvalue weighted by Gasteiger charge is 2.47. The van der Waals surface area contributed by atoms with E-state index in [2.05, 4.69) is 10.3 Å². The lowest BCUT2D eigenvalue weighted by Gasteiger charge is -2.20. The number of nitrogens with one attached hydrogen (secondary N) is 1. The highest BCUT2D eigenvalue weighted by molar-refractivity contribution is 7.92. The van der Waals surface area contributed by atoms with Crippen LogP contribution >= 0.6 is 0 Å². The molecule has 1 aromatic heterocycles. The van der Waals surface area contributed by atoms with Crippen molar-refractivity contribution in [1.82, 2.24) is 9.88 Å². The molecule has 3 amide bonds. The van der Waals surface area contributed by atoms with Crippen molar-refractivity contribution in [2.75, 3.05) is 10.2 Å². The number of amides is 3. The Balaban J connectivity index is 1.84. The van der Waals surface area contributed by atoms with Crippen molar-refractivity contribution in [3.05, 3.63) is 48.2 Å². The number of pyridine rings is 1. The van der Waals surface area contributed by atoms with Crippen molar-refractivity contribution in [2.24, 2.45) is 0 Å². The summed E-state index contributed by atoms with van der Waals surface area (Å²) in [7, 11) is -5.53. The molecule has 1 aromatic carbocycles. The first-order valence-electron chi connectivity index (χ1n) is 9.60. The van der Waals surface area contributed by atoms with E-state index in [1.54, 1.807) is 18.3 Å². The minimum atomic E-state index is -5.53. The van der Waals surface area contributed by atoms with Crippen LogP contribution in [0.2, 0.25) is 0 Å². The number of sulfone groups is 1. The monoisotopic (exact) mass is 470 g/mol. The topological polar surface area (TPSA) is 99.7 Å². The third-order valence-corrected chi connectivity index (χ3v) is 6.31. The van der Waals surface area contributed by atoms with Gasteiger partial charge in [0.2, 0.25) is 0 Å². The molecule has 0 spiro atoms. The van der Waals surface area contributed by atoms with Gasteiger partial charge in [-0.3, -0.25) is 4.79 Å². The minimum absolute atomic E-state index is 0.0210. The molecule has 2 aromatic rings. The summed E-state index contributed by atoms with van der Waals surface area (Å²) in [5, 5.41) is 3.14. The van der Waals surface area contributed by atoms with E-state index in [1.165, 1.54) is 11.8 Å². The number of benzene rings is 1. The molecule has 2 heterocycles. The van der Waals surface area contributed by atoms with Crippen molar-refractivity contribution in [1.29, 1.82) is 0 Å². The number of carbonyl (C=O) groups excluding carboxylic acids is 2. The van der Waals surface area contributed by atoms with Gasteiger partial charge in [0.25, 0.3) is 15.7 Å². The molecule has 1 aliphatic rings. The fourth-order valence-electron chi connectivity index (χ4n) is 3.20. The lowest BCUT2D eigenvalue weighted by molar-refractivity contribution is -0.119. The molecular formula is C20H21F3N4O4S. The van der Waals surface area contributed by atoms with Crippen LogP contribution in [0.4, 0.5) is 29.5 Å².